The van der Waals surface area contributed by atoms with Gasteiger partial charge >= 0.3 is 0 Å². The Morgan fingerprint density at radius 2 is 1.25 bits per heavy atom. The molecule has 1 saturated carbocycles. The van der Waals surface area contributed by atoms with Crippen LogP contribution in [0.15, 0.2) is 61.2 Å². The lowest BCUT2D eigenvalue weighted by molar-refractivity contribution is 0.364. The molecule has 3 aromatic rings. The van der Waals surface area contributed by atoms with Crippen molar-refractivity contribution in [2.75, 3.05) is 7.11 Å². The zero-order valence-electron chi connectivity index (χ0n) is 17.8. The smallest absolute Gasteiger partial charge is 0.201 e. The van der Waals surface area contributed by atoms with Crippen molar-refractivity contribution in [2.24, 2.45) is 5.92 Å². The summed E-state index contributed by atoms with van der Waals surface area (Å²) in [6.07, 6.45) is 5.42. The Morgan fingerprint density at radius 1 is 0.719 bits per heavy atom. The molecule has 0 aromatic heterocycles. The van der Waals surface area contributed by atoms with Gasteiger partial charge in [-0.1, -0.05) is 42.5 Å². The van der Waals surface area contributed by atoms with Crippen LogP contribution in [0.5, 0.6) is 5.75 Å². The summed E-state index contributed by atoms with van der Waals surface area (Å²) in [6, 6.07) is 12.3. The average molecular weight is 440 g/mol. The third-order valence-corrected chi connectivity index (χ3v) is 6.43. The molecule has 1 aliphatic carbocycles. The lowest BCUT2D eigenvalue weighted by Gasteiger charge is -2.27. The highest BCUT2D eigenvalue weighted by molar-refractivity contribution is 5.71. The van der Waals surface area contributed by atoms with E-state index in [1.165, 1.54) is 19.2 Å². The summed E-state index contributed by atoms with van der Waals surface area (Å²) >= 11 is 0. The third kappa shape index (κ3) is 4.04. The molecule has 0 radical (unpaired) electrons. The Kier molecular flexibility index (Phi) is 6.35. The summed E-state index contributed by atoms with van der Waals surface area (Å²) in [6.45, 7) is 3.82. The fourth-order valence-electron chi connectivity index (χ4n) is 4.51. The zero-order valence-corrected chi connectivity index (χ0v) is 17.8. The predicted molar refractivity (Wildman–Crippen MR) is 119 cm³/mol. The van der Waals surface area contributed by atoms with Gasteiger partial charge in [-0.05, 0) is 66.3 Å². The molecule has 4 rings (SSSR count). The van der Waals surface area contributed by atoms with Gasteiger partial charge in [0, 0.05) is 11.1 Å². The van der Waals surface area contributed by atoms with Gasteiger partial charge in [0.1, 0.15) is 0 Å². The molecule has 1 nitrogen and oxygen atoms in total. The molecule has 0 atom stereocenters. The van der Waals surface area contributed by atoms with E-state index < -0.39 is 23.3 Å². The standard InChI is InChI=1S/C27H24F4O/c1-3-16-4-6-17(7-5-16)20-12-13-21(25(29)24(20)28)18-8-10-19(11-9-18)22-14-15-23(32-2)27(31)26(22)30/h3,8-17H,1,4-7H2,2H3. The Hall–Kier alpha value is -3.08. The molecule has 0 heterocycles. The van der Waals surface area contributed by atoms with Gasteiger partial charge < -0.3 is 4.74 Å². The van der Waals surface area contributed by atoms with Gasteiger partial charge in [-0.3, -0.25) is 0 Å². The Morgan fingerprint density at radius 3 is 1.78 bits per heavy atom. The fraction of sp³-hybridized carbons (Fsp3) is 0.259. The first-order valence-corrected chi connectivity index (χ1v) is 10.7. The highest BCUT2D eigenvalue weighted by Crippen LogP contribution is 2.39. The highest BCUT2D eigenvalue weighted by atomic mass is 19.2. The molecule has 0 bridgehead atoms. The first-order chi connectivity index (χ1) is 15.4. The van der Waals surface area contributed by atoms with Gasteiger partial charge in [-0.25, -0.2) is 13.2 Å². The number of methoxy groups -OCH3 is 1. The molecule has 3 aromatic carbocycles. The number of halogens is 4. The van der Waals surface area contributed by atoms with Gasteiger partial charge in [0.2, 0.25) is 5.82 Å². The molecule has 1 aliphatic rings. The normalized spacial score (nSPS) is 18.4. The van der Waals surface area contributed by atoms with Crippen LogP contribution in [0.3, 0.4) is 0 Å². The lowest BCUT2D eigenvalue weighted by Crippen LogP contribution is -2.13. The largest absolute Gasteiger partial charge is 0.494 e. The molecule has 0 spiro atoms. The van der Waals surface area contributed by atoms with Crippen LogP contribution in [0, 0.1) is 29.2 Å². The fourth-order valence-corrected chi connectivity index (χ4v) is 4.51. The maximum Gasteiger partial charge on any atom is 0.201 e. The minimum atomic E-state index is -1.07. The Bertz CT molecular complexity index is 1130. The molecular weight excluding hydrogens is 416 g/mol. The van der Waals surface area contributed by atoms with E-state index in [1.54, 1.807) is 36.4 Å². The van der Waals surface area contributed by atoms with Crippen molar-refractivity contribution < 1.29 is 22.3 Å². The molecule has 166 valence electrons. The van der Waals surface area contributed by atoms with Crippen molar-refractivity contribution in [3.05, 3.63) is 90.0 Å². The number of allylic oxidation sites excluding steroid dienone is 1. The van der Waals surface area contributed by atoms with E-state index in [0.717, 1.165) is 25.7 Å². The monoisotopic (exact) mass is 440 g/mol. The lowest BCUT2D eigenvalue weighted by atomic mass is 9.78. The maximum atomic E-state index is 15.0. The summed E-state index contributed by atoms with van der Waals surface area (Å²) in [7, 11) is 1.26. The second kappa shape index (κ2) is 9.19. The minimum absolute atomic E-state index is 0.00469. The molecule has 0 amide bonds. The molecule has 0 unspecified atom stereocenters. The van der Waals surface area contributed by atoms with Crippen LogP contribution < -0.4 is 4.74 Å². The van der Waals surface area contributed by atoms with E-state index in [1.807, 2.05) is 6.08 Å². The second-order valence-electron chi connectivity index (χ2n) is 8.20. The van der Waals surface area contributed by atoms with Gasteiger partial charge in [0.15, 0.2) is 23.2 Å². The van der Waals surface area contributed by atoms with Crippen LogP contribution in [0.1, 0.15) is 37.2 Å². The van der Waals surface area contributed by atoms with Gasteiger partial charge in [0.25, 0.3) is 0 Å². The van der Waals surface area contributed by atoms with Crippen molar-refractivity contribution in [3.63, 3.8) is 0 Å². The minimum Gasteiger partial charge on any atom is -0.494 e. The number of ether oxygens (including phenoxy) is 1. The van der Waals surface area contributed by atoms with Crippen LogP contribution in [-0.2, 0) is 0 Å². The van der Waals surface area contributed by atoms with Crippen molar-refractivity contribution in [2.45, 2.75) is 31.6 Å². The van der Waals surface area contributed by atoms with E-state index in [0.29, 0.717) is 22.6 Å². The first kappa shape index (κ1) is 22.1. The Labute approximate surface area is 185 Å². The number of hydrogen-bond acceptors (Lipinski definition) is 1. The topological polar surface area (TPSA) is 9.23 Å². The second-order valence-corrected chi connectivity index (χ2v) is 8.20. The van der Waals surface area contributed by atoms with Gasteiger partial charge in [-0.2, -0.15) is 4.39 Å². The van der Waals surface area contributed by atoms with E-state index in [9.17, 15) is 17.6 Å². The van der Waals surface area contributed by atoms with Crippen LogP contribution in [0.2, 0.25) is 0 Å². The predicted octanol–water partition coefficient (Wildman–Crippen LogP) is 8.05. The van der Waals surface area contributed by atoms with E-state index >= 15 is 0 Å². The number of benzene rings is 3. The quantitative estimate of drug-likeness (QED) is 0.288. The van der Waals surface area contributed by atoms with Crippen LogP contribution in [0.4, 0.5) is 17.6 Å². The van der Waals surface area contributed by atoms with Crippen molar-refractivity contribution in [3.8, 4) is 28.0 Å². The molecule has 0 N–H and O–H groups in total. The molecule has 32 heavy (non-hydrogen) atoms. The summed E-state index contributed by atoms with van der Waals surface area (Å²) in [5.41, 5.74) is 1.50. The Balaban J connectivity index is 1.60. The van der Waals surface area contributed by atoms with Gasteiger partial charge in [0.05, 0.1) is 7.11 Å². The molecule has 0 saturated heterocycles. The van der Waals surface area contributed by atoms with Crippen molar-refractivity contribution in [1.82, 2.24) is 0 Å². The number of hydrogen-bond donors (Lipinski definition) is 0. The van der Waals surface area contributed by atoms with Gasteiger partial charge in [-0.15, -0.1) is 6.58 Å². The van der Waals surface area contributed by atoms with Crippen LogP contribution in [0.25, 0.3) is 22.3 Å². The molecule has 5 heteroatoms. The first-order valence-electron chi connectivity index (χ1n) is 10.7. The summed E-state index contributed by atoms with van der Waals surface area (Å²) < 4.78 is 63.1. The van der Waals surface area contributed by atoms with E-state index in [2.05, 4.69) is 6.58 Å². The van der Waals surface area contributed by atoms with Crippen molar-refractivity contribution in [1.29, 1.82) is 0 Å². The number of rotatable bonds is 5. The summed E-state index contributed by atoms with van der Waals surface area (Å²) in [5.74, 6) is -3.52. The summed E-state index contributed by atoms with van der Waals surface area (Å²) in [4.78, 5) is 0. The summed E-state index contributed by atoms with van der Waals surface area (Å²) in [5, 5.41) is 0. The highest BCUT2D eigenvalue weighted by Gasteiger charge is 2.25. The molecule has 0 aliphatic heterocycles. The van der Waals surface area contributed by atoms with Crippen LogP contribution in [-0.4, -0.2) is 7.11 Å². The third-order valence-electron chi connectivity index (χ3n) is 6.43. The maximum absolute atomic E-state index is 15.0. The molecular formula is C27H24F4O. The zero-order chi connectivity index (χ0) is 22.8. The average Bonchev–Trinajstić information content (AvgIpc) is 2.83. The van der Waals surface area contributed by atoms with E-state index in [4.69, 9.17) is 4.74 Å². The van der Waals surface area contributed by atoms with Crippen LogP contribution >= 0.6 is 0 Å². The molecule has 1 fully saturated rings. The SMILES string of the molecule is C=CC1CCC(c2ccc(-c3ccc(-c4ccc(OC)c(F)c4F)cc3)c(F)c2F)CC1. The van der Waals surface area contributed by atoms with E-state index in [-0.39, 0.29) is 22.8 Å². The van der Waals surface area contributed by atoms with Crippen molar-refractivity contribution >= 4 is 0 Å².